The Morgan fingerprint density at radius 1 is 0.862 bits per heavy atom. The summed E-state index contributed by atoms with van der Waals surface area (Å²) in [4.78, 5) is 12.8. The van der Waals surface area contributed by atoms with E-state index >= 15 is 0 Å². The molecule has 29 heavy (non-hydrogen) atoms. The number of anilines is 1. The lowest BCUT2D eigenvalue weighted by Crippen LogP contribution is -2.13. The lowest BCUT2D eigenvalue weighted by molar-refractivity contribution is 0.102. The molecule has 2 heterocycles. The smallest absolute Gasteiger partial charge is 0.255 e. The van der Waals surface area contributed by atoms with Crippen LogP contribution in [0.3, 0.4) is 0 Å². The fraction of sp³-hybridized carbons (Fsp3) is 0.375. The summed E-state index contributed by atoms with van der Waals surface area (Å²) in [6.45, 7) is 0.962. The zero-order valence-electron chi connectivity index (χ0n) is 16.7. The van der Waals surface area contributed by atoms with Gasteiger partial charge in [0.05, 0.1) is 0 Å². The third kappa shape index (κ3) is 3.69. The molecule has 1 N–H and O–H groups in total. The van der Waals surface area contributed by atoms with E-state index in [0.717, 1.165) is 60.7 Å². The van der Waals surface area contributed by atoms with Crippen LogP contribution in [0.15, 0.2) is 42.5 Å². The first-order chi connectivity index (χ1) is 14.3. The van der Waals surface area contributed by atoms with Crippen LogP contribution in [0.1, 0.15) is 59.4 Å². The van der Waals surface area contributed by atoms with E-state index in [1.54, 1.807) is 0 Å². The second kappa shape index (κ2) is 7.82. The summed E-state index contributed by atoms with van der Waals surface area (Å²) in [5.41, 5.74) is 5.23. The quantitative estimate of drug-likeness (QED) is 0.703. The van der Waals surface area contributed by atoms with Crippen molar-refractivity contribution in [1.82, 2.24) is 14.8 Å². The normalized spacial score (nSPS) is 15.9. The number of nitrogens with one attached hydrogen (secondary N) is 1. The molecule has 0 fully saturated rings. The molecule has 1 amide bonds. The van der Waals surface area contributed by atoms with Crippen molar-refractivity contribution in [3.63, 3.8) is 0 Å². The highest BCUT2D eigenvalue weighted by molar-refractivity contribution is 6.04. The zero-order chi connectivity index (χ0) is 19.6. The minimum absolute atomic E-state index is 0.0596. The Balaban J connectivity index is 1.38. The number of rotatable bonds is 3. The highest BCUT2D eigenvalue weighted by atomic mass is 16.1. The van der Waals surface area contributed by atoms with Gasteiger partial charge in [-0.1, -0.05) is 24.6 Å². The van der Waals surface area contributed by atoms with E-state index in [1.165, 1.54) is 36.8 Å². The van der Waals surface area contributed by atoms with Gasteiger partial charge in [-0.25, -0.2) is 0 Å². The number of aryl methyl sites for hydroxylation is 3. The molecule has 1 aliphatic heterocycles. The van der Waals surface area contributed by atoms with Gasteiger partial charge >= 0.3 is 0 Å². The van der Waals surface area contributed by atoms with Gasteiger partial charge < -0.3 is 9.88 Å². The molecule has 5 heteroatoms. The number of amides is 1. The van der Waals surface area contributed by atoms with Gasteiger partial charge in [0.2, 0.25) is 0 Å². The molecule has 0 radical (unpaired) electrons. The molecule has 5 nitrogen and oxygen atoms in total. The van der Waals surface area contributed by atoms with Crippen LogP contribution in [-0.2, 0) is 25.8 Å². The minimum atomic E-state index is -0.0596. The van der Waals surface area contributed by atoms with E-state index in [2.05, 4.69) is 32.2 Å². The molecule has 2 aromatic carbocycles. The maximum absolute atomic E-state index is 12.8. The van der Waals surface area contributed by atoms with Crippen LogP contribution in [0.2, 0.25) is 0 Å². The largest absolute Gasteiger partial charge is 0.322 e. The molecule has 2 aliphatic rings. The van der Waals surface area contributed by atoms with E-state index in [4.69, 9.17) is 0 Å². The van der Waals surface area contributed by atoms with Crippen molar-refractivity contribution in [2.75, 3.05) is 5.32 Å². The maximum Gasteiger partial charge on any atom is 0.255 e. The van der Waals surface area contributed by atoms with Crippen molar-refractivity contribution in [2.45, 2.75) is 57.9 Å². The number of hydrogen-bond acceptors (Lipinski definition) is 3. The van der Waals surface area contributed by atoms with Gasteiger partial charge in [-0.05, 0) is 73.9 Å². The van der Waals surface area contributed by atoms with Crippen LogP contribution in [0, 0.1) is 0 Å². The van der Waals surface area contributed by atoms with Crippen molar-refractivity contribution in [1.29, 1.82) is 0 Å². The average molecular weight is 386 g/mol. The first kappa shape index (κ1) is 18.1. The standard InChI is InChI=1S/C24H26N4O/c29-24(20-13-12-17-7-3-4-8-18(17)15-20)25-21-10-6-9-19(16-21)23-27-26-22-11-2-1-5-14-28(22)23/h6,9-10,12-13,15-16H,1-5,7-8,11,14H2,(H,25,29). The third-order valence-electron chi connectivity index (χ3n) is 6.10. The van der Waals surface area contributed by atoms with Crippen LogP contribution in [0.4, 0.5) is 5.69 Å². The van der Waals surface area contributed by atoms with Crippen molar-refractivity contribution in [3.05, 3.63) is 65.0 Å². The molecule has 1 aliphatic carbocycles. The van der Waals surface area contributed by atoms with Crippen LogP contribution in [-0.4, -0.2) is 20.7 Å². The molecular formula is C24H26N4O. The molecule has 0 atom stereocenters. The Morgan fingerprint density at radius 2 is 1.72 bits per heavy atom. The lowest BCUT2D eigenvalue weighted by atomic mass is 9.90. The second-order valence-corrected chi connectivity index (χ2v) is 8.13. The van der Waals surface area contributed by atoms with Crippen molar-refractivity contribution < 1.29 is 4.79 Å². The summed E-state index contributed by atoms with van der Waals surface area (Å²) >= 11 is 0. The number of nitrogens with zero attached hydrogens (tertiary/aromatic N) is 3. The van der Waals surface area contributed by atoms with Gasteiger partial charge in [0.15, 0.2) is 5.82 Å². The van der Waals surface area contributed by atoms with E-state index in [1.807, 2.05) is 30.3 Å². The van der Waals surface area contributed by atoms with E-state index < -0.39 is 0 Å². The number of carbonyl (C=O) groups is 1. The Bertz CT molecular complexity index is 1050. The van der Waals surface area contributed by atoms with E-state index in [-0.39, 0.29) is 5.91 Å². The Kier molecular flexibility index (Phi) is 4.88. The Hall–Kier alpha value is -2.95. The molecule has 3 aromatic rings. The molecule has 5 rings (SSSR count). The topological polar surface area (TPSA) is 59.8 Å². The van der Waals surface area contributed by atoms with Crippen LogP contribution in [0.5, 0.6) is 0 Å². The van der Waals surface area contributed by atoms with Crippen molar-refractivity contribution >= 4 is 11.6 Å². The molecule has 0 saturated carbocycles. The molecule has 148 valence electrons. The summed E-state index contributed by atoms with van der Waals surface area (Å²) < 4.78 is 2.23. The van der Waals surface area contributed by atoms with Crippen LogP contribution in [0.25, 0.3) is 11.4 Å². The molecule has 0 saturated heterocycles. The maximum atomic E-state index is 12.8. The fourth-order valence-corrected chi connectivity index (χ4v) is 4.51. The number of benzene rings is 2. The minimum Gasteiger partial charge on any atom is -0.322 e. The number of fused-ring (bicyclic) bond motifs is 2. The van der Waals surface area contributed by atoms with Gasteiger partial charge in [0.25, 0.3) is 5.91 Å². The first-order valence-electron chi connectivity index (χ1n) is 10.7. The first-order valence-corrected chi connectivity index (χ1v) is 10.7. The summed E-state index contributed by atoms with van der Waals surface area (Å²) in [5.74, 6) is 1.91. The molecule has 0 spiro atoms. The number of carbonyl (C=O) groups excluding carboxylic acids is 1. The van der Waals surface area contributed by atoms with Crippen molar-refractivity contribution in [3.8, 4) is 11.4 Å². The molecular weight excluding hydrogens is 360 g/mol. The Morgan fingerprint density at radius 3 is 2.66 bits per heavy atom. The van der Waals surface area contributed by atoms with E-state index in [9.17, 15) is 4.79 Å². The average Bonchev–Trinajstić information content (AvgIpc) is 3.02. The number of aromatic nitrogens is 3. The predicted molar refractivity (Wildman–Crippen MR) is 114 cm³/mol. The Labute approximate surface area is 171 Å². The highest BCUT2D eigenvalue weighted by Gasteiger charge is 2.17. The third-order valence-corrected chi connectivity index (χ3v) is 6.10. The van der Waals surface area contributed by atoms with Crippen molar-refractivity contribution in [2.24, 2.45) is 0 Å². The highest BCUT2D eigenvalue weighted by Crippen LogP contribution is 2.26. The van der Waals surface area contributed by atoms with Crippen LogP contribution < -0.4 is 5.32 Å². The van der Waals surface area contributed by atoms with Gasteiger partial charge in [-0.3, -0.25) is 4.79 Å². The van der Waals surface area contributed by atoms with Gasteiger partial charge in [-0.2, -0.15) is 0 Å². The fourth-order valence-electron chi connectivity index (χ4n) is 4.51. The lowest BCUT2D eigenvalue weighted by Gasteiger charge is -2.16. The zero-order valence-corrected chi connectivity index (χ0v) is 16.7. The SMILES string of the molecule is O=C(Nc1cccc(-c2nnc3n2CCCCC3)c1)c1ccc2c(c1)CCCC2. The van der Waals surface area contributed by atoms with E-state index in [0.29, 0.717) is 0 Å². The molecule has 0 unspecified atom stereocenters. The molecule has 1 aromatic heterocycles. The van der Waals surface area contributed by atoms with Gasteiger partial charge in [0, 0.05) is 29.8 Å². The second-order valence-electron chi connectivity index (χ2n) is 8.13. The van der Waals surface area contributed by atoms with Gasteiger partial charge in [-0.15, -0.1) is 10.2 Å². The van der Waals surface area contributed by atoms with Gasteiger partial charge in [0.1, 0.15) is 5.82 Å². The van der Waals surface area contributed by atoms with Crippen LogP contribution >= 0.6 is 0 Å². The summed E-state index contributed by atoms with van der Waals surface area (Å²) in [6, 6.07) is 14.1. The summed E-state index contributed by atoms with van der Waals surface area (Å²) in [6.07, 6.45) is 9.22. The molecule has 0 bridgehead atoms. The number of hydrogen-bond donors (Lipinski definition) is 1. The summed E-state index contributed by atoms with van der Waals surface area (Å²) in [5, 5.41) is 11.9. The summed E-state index contributed by atoms with van der Waals surface area (Å²) in [7, 11) is 0. The predicted octanol–water partition coefficient (Wildman–Crippen LogP) is 4.80. The monoisotopic (exact) mass is 386 g/mol.